The number of hydrogen-bond donors (Lipinski definition) is 1. The smallest absolute Gasteiger partial charge is 0.233 e. The Morgan fingerprint density at radius 3 is 2.39 bits per heavy atom. The zero-order chi connectivity index (χ0) is 19.5. The fraction of sp³-hybridized carbons (Fsp3) is 0.571. The molecule has 2 aliphatic carbocycles. The van der Waals surface area contributed by atoms with Gasteiger partial charge in [0.15, 0.2) is 5.82 Å². The maximum atomic E-state index is 13.0. The second-order valence-corrected chi connectivity index (χ2v) is 8.87. The molecule has 28 heavy (non-hydrogen) atoms. The molecule has 0 spiro atoms. The molecule has 0 saturated heterocycles. The van der Waals surface area contributed by atoms with Crippen LogP contribution in [0.2, 0.25) is 0 Å². The summed E-state index contributed by atoms with van der Waals surface area (Å²) in [6, 6.07) is 8.57. The van der Waals surface area contributed by atoms with Crippen LogP contribution in [0.5, 0.6) is 5.75 Å². The molecule has 0 bridgehead atoms. The molecule has 1 aromatic heterocycles. The lowest BCUT2D eigenvalue weighted by atomic mass is 9.86. The number of H-pyrrole nitrogens is 1. The molecule has 0 aliphatic heterocycles. The number of aromatic amines is 1. The molecular formula is C21H28N4O2S. The van der Waals surface area contributed by atoms with E-state index in [1.54, 1.807) is 7.11 Å². The summed E-state index contributed by atoms with van der Waals surface area (Å²) in [6.07, 6.45) is 7.09. The lowest BCUT2D eigenvalue weighted by Crippen LogP contribution is -2.44. The monoisotopic (exact) mass is 400 g/mol. The molecule has 1 N–H and O–H groups in total. The number of ether oxygens (including phenoxy) is 1. The molecule has 1 amide bonds. The third-order valence-corrected chi connectivity index (χ3v) is 6.59. The fourth-order valence-electron chi connectivity index (χ4n) is 3.97. The van der Waals surface area contributed by atoms with Gasteiger partial charge in [0.2, 0.25) is 11.1 Å². The van der Waals surface area contributed by atoms with Crippen molar-refractivity contribution < 1.29 is 9.53 Å². The molecule has 0 unspecified atom stereocenters. The van der Waals surface area contributed by atoms with Crippen LogP contribution in [0.3, 0.4) is 0 Å². The maximum Gasteiger partial charge on any atom is 0.233 e. The minimum absolute atomic E-state index is 0.239. The van der Waals surface area contributed by atoms with Crippen LogP contribution >= 0.6 is 11.8 Å². The highest BCUT2D eigenvalue weighted by molar-refractivity contribution is 7.99. The van der Waals surface area contributed by atoms with Crippen LogP contribution < -0.4 is 4.74 Å². The highest BCUT2D eigenvalue weighted by atomic mass is 32.2. The van der Waals surface area contributed by atoms with Gasteiger partial charge in [0.05, 0.1) is 12.9 Å². The van der Waals surface area contributed by atoms with E-state index in [9.17, 15) is 4.79 Å². The van der Waals surface area contributed by atoms with Crippen LogP contribution in [0.15, 0.2) is 29.4 Å². The van der Waals surface area contributed by atoms with E-state index in [4.69, 9.17) is 4.74 Å². The average molecular weight is 401 g/mol. The van der Waals surface area contributed by atoms with Gasteiger partial charge in [-0.05, 0) is 68.7 Å². The van der Waals surface area contributed by atoms with Crippen molar-refractivity contribution >= 4 is 17.7 Å². The zero-order valence-electron chi connectivity index (χ0n) is 16.6. The highest BCUT2D eigenvalue weighted by Gasteiger charge is 2.38. The van der Waals surface area contributed by atoms with Crippen LogP contribution in [0, 0.1) is 5.92 Å². The van der Waals surface area contributed by atoms with Crippen LogP contribution in [0.1, 0.15) is 45.4 Å². The highest BCUT2D eigenvalue weighted by Crippen LogP contribution is 2.36. The van der Waals surface area contributed by atoms with Gasteiger partial charge in [0.25, 0.3) is 0 Å². The summed E-state index contributed by atoms with van der Waals surface area (Å²) in [7, 11) is 1.65. The van der Waals surface area contributed by atoms with Gasteiger partial charge in [-0.25, -0.2) is 4.98 Å². The number of carbonyl (C=O) groups is 1. The number of rotatable bonds is 7. The lowest BCUT2D eigenvalue weighted by molar-refractivity contribution is -0.132. The van der Waals surface area contributed by atoms with Gasteiger partial charge in [-0.2, -0.15) is 0 Å². The number of hydrogen-bond acceptors (Lipinski definition) is 5. The number of methoxy groups -OCH3 is 1. The number of aromatic nitrogens is 3. The standard InChI is InChI=1S/C21H28N4O2S/c1-14-3-7-16(8-4-14)25(17-9-10-17)19(26)13-28-21-22-20(23-24-21)15-5-11-18(27-2)12-6-15/h5-6,11-12,14,16-17H,3-4,7-10,13H2,1-2H3,(H,22,23,24). The van der Waals surface area contributed by atoms with E-state index in [2.05, 4.69) is 27.0 Å². The van der Waals surface area contributed by atoms with Gasteiger partial charge < -0.3 is 9.64 Å². The first-order chi connectivity index (χ1) is 13.6. The number of nitrogens with zero attached hydrogens (tertiary/aromatic N) is 3. The summed E-state index contributed by atoms with van der Waals surface area (Å²) in [5.74, 6) is 2.95. The molecule has 2 fully saturated rings. The number of nitrogens with one attached hydrogen (secondary N) is 1. The predicted octanol–water partition coefficient (Wildman–Crippen LogP) is 4.14. The van der Waals surface area contributed by atoms with Gasteiger partial charge in [0, 0.05) is 17.6 Å². The predicted molar refractivity (Wildman–Crippen MR) is 110 cm³/mol. The number of carbonyl (C=O) groups excluding carboxylic acids is 1. The molecule has 2 aliphatic rings. The summed E-state index contributed by atoms with van der Waals surface area (Å²) >= 11 is 1.42. The molecule has 1 aromatic carbocycles. The Labute approximate surface area is 170 Å². The average Bonchev–Trinajstić information content (AvgIpc) is 3.44. The maximum absolute atomic E-state index is 13.0. The van der Waals surface area contributed by atoms with Crippen molar-refractivity contribution in [1.82, 2.24) is 20.1 Å². The van der Waals surface area contributed by atoms with Gasteiger partial charge in [0.1, 0.15) is 5.75 Å². The normalized spacial score (nSPS) is 22.1. The van der Waals surface area contributed by atoms with Crippen LogP contribution in [-0.2, 0) is 4.79 Å². The molecule has 2 saturated carbocycles. The minimum Gasteiger partial charge on any atom is -0.497 e. The summed E-state index contributed by atoms with van der Waals surface area (Å²) in [4.78, 5) is 19.7. The second kappa shape index (κ2) is 8.55. The summed E-state index contributed by atoms with van der Waals surface area (Å²) in [5, 5.41) is 7.86. The Bertz CT molecular complexity index is 795. The molecule has 0 atom stereocenters. The third-order valence-electron chi connectivity index (χ3n) is 5.76. The van der Waals surface area contributed by atoms with Gasteiger partial charge >= 0.3 is 0 Å². The molecular weight excluding hydrogens is 372 g/mol. The Hall–Kier alpha value is -2.02. The van der Waals surface area contributed by atoms with E-state index in [0.717, 1.165) is 42.9 Å². The molecule has 2 aromatic rings. The molecule has 150 valence electrons. The molecule has 0 radical (unpaired) electrons. The summed E-state index contributed by atoms with van der Waals surface area (Å²) < 4.78 is 5.19. The first kappa shape index (κ1) is 19.3. The van der Waals surface area contributed by atoms with E-state index >= 15 is 0 Å². The van der Waals surface area contributed by atoms with Crippen molar-refractivity contribution in [2.24, 2.45) is 5.92 Å². The van der Waals surface area contributed by atoms with Crippen molar-refractivity contribution in [2.45, 2.75) is 62.7 Å². The molecule has 6 nitrogen and oxygen atoms in total. The molecule has 4 rings (SSSR count). The third kappa shape index (κ3) is 4.51. The van der Waals surface area contributed by atoms with Crippen LogP contribution in [0.4, 0.5) is 0 Å². The fourth-order valence-corrected chi connectivity index (χ4v) is 4.64. The van der Waals surface area contributed by atoms with E-state index < -0.39 is 0 Å². The van der Waals surface area contributed by atoms with Crippen LogP contribution in [-0.4, -0.2) is 50.9 Å². The van der Waals surface area contributed by atoms with Crippen molar-refractivity contribution in [3.8, 4) is 17.1 Å². The van der Waals surface area contributed by atoms with Crippen molar-refractivity contribution in [1.29, 1.82) is 0 Å². The minimum atomic E-state index is 0.239. The van der Waals surface area contributed by atoms with Crippen molar-refractivity contribution in [2.75, 3.05) is 12.9 Å². The zero-order valence-corrected chi connectivity index (χ0v) is 17.4. The topological polar surface area (TPSA) is 71.1 Å². The first-order valence-electron chi connectivity index (χ1n) is 10.1. The molecule has 1 heterocycles. The number of thioether (sulfide) groups is 1. The van der Waals surface area contributed by atoms with Crippen molar-refractivity contribution in [3.63, 3.8) is 0 Å². The van der Waals surface area contributed by atoms with Gasteiger partial charge in [-0.15, -0.1) is 5.10 Å². The largest absolute Gasteiger partial charge is 0.497 e. The van der Waals surface area contributed by atoms with Crippen LogP contribution in [0.25, 0.3) is 11.4 Å². The second-order valence-electron chi connectivity index (χ2n) is 7.93. The number of amides is 1. The Balaban J connectivity index is 1.35. The number of benzene rings is 1. The van der Waals surface area contributed by atoms with E-state index in [-0.39, 0.29) is 5.91 Å². The van der Waals surface area contributed by atoms with E-state index in [1.165, 1.54) is 24.6 Å². The lowest BCUT2D eigenvalue weighted by Gasteiger charge is -2.36. The Kier molecular flexibility index (Phi) is 5.90. The Morgan fingerprint density at radius 1 is 1.14 bits per heavy atom. The van der Waals surface area contributed by atoms with Gasteiger partial charge in [-0.1, -0.05) is 18.7 Å². The first-order valence-corrected chi connectivity index (χ1v) is 11.1. The SMILES string of the molecule is COc1ccc(-c2nc(SCC(=O)N(C3CCC(C)CC3)C3CC3)n[nH]2)cc1. The summed E-state index contributed by atoms with van der Waals surface area (Å²) in [6.45, 7) is 2.32. The van der Waals surface area contributed by atoms with E-state index in [0.29, 0.717) is 28.8 Å². The summed E-state index contributed by atoms with van der Waals surface area (Å²) in [5.41, 5.74) is 0.947. The van der Waals surface area contributed by atoms with E-state index in [1.807, 2.05) is 24.3 Å². The molecule has 7 heteroatoms. The quantitative estimate of drug-likeness (QED) is 0.707. The van der Waals surface area contributed by atoms with Crippen molar-refractivity contribution in [3.05, 3.63) is 24.3 Å². The Morgan fingerprint density at radius 2 is 1.79 bits per heavy atom. The van der Waals surface area contributed by atoms with Gasteiger partial charge in [-0.3, -0.25) is 9.89 Å².